The Balaban J connectivity index is 5.33. The first kappa shape index (κ1) is 17.8. The SMILES string of the molecule is CC[N+](CC)(C[N+](CC)(CC)C(=S)S)C(=S)S. The number of thiocarbonyl (C=S) groups is 2. The predicted octanol–water partition coefficient (Wildman–Crippen LogP) is 3.09. The molecule has 0 unspecified atom stereocenters. The summed E-state index contributed by atoms with van der Waals surface area (Å²) in [7, 11) is 0. The molecule has 0 atom stereocenters. The number of hydrogen-bond donors (Lipinski definition) is 2. The fourth-order valence-corrected chi connectivity index (χ4v) is 3.35. The highest BCUT2D eigenvalue weighted by molar-refractivity contribution is 8.10. The van der Waals surface area contributed by atoms with E-state index in [0.29, 0.717) is 8.97 Å². The largest absolute Gasteiger partial charge is 0.234 e. The average Bonchev–Trinajstić information content (AvgIpc) is 2.31. The molecule has 0 radical (unpaired) electrons. The highest BCUT2D eigenvalue weighted by atomic mass is 32.1. The van der Waals surface area contributed by atoms with Crippen molar-refractivity contribution in [2.75, 3.05) is 32.8 Å². The first-order chi connectivity index (χ1) is 7.84. The van der Waals surface area contributed by atoms with Crippen LogP contribution in [0, 0.1) is 0 Å². The molecule has 2 nitrogen and oxygen atoms in total. The second kappa shape index (κ2) is 7.40. The first-order valence-electron chi connectivity index (χ1n) is 6.03. The van der Waals surface area contributed by atoms with Crippen molar-refractivity contribution in [3.63, 3.8) is 0 Å². The number of thiol groups is 2. The lowest BCUT2D eigenvalue weighted by atomic mass is 10.3. The summed E-state index contributed by atoms with van der Waals surface area (Å²) >= 11 is 19.5. The quantitative estimate of drug-likeness (QED) is 0.335. The zero-order valence-electron chi connectivity index (χ0n) is 11.1. The summed E-state index contributed by atoms with van der Waals surface area (Å²) < 4.78 is 2.90. The van der Waals surface area contributed by atoms with Crippen LogP contribution in [0.3, 0.4) is 0 Å². The van der Waals surface area contributed by atoms with Crippen LogP contribution in [0.1, 0.15) is 27.7 Å². The zero-order valence-corrected chi connectivity index (χ0v) is 14.6. The lowest BCUT2D eigenvalue weighted by Gasteiger charge is -2.43. The normalized spacial score (nSPS) is 12.6. The van der Waals surface area contributed by atoms with Crippen molar-refractivity contribution in [2.24, 2.45) is 0 Å². The Bertz CT molecular complexity index is 255. The van der Waals surface area contributed by atoms with Crippen LogP contribution in [-0.2, 0) is 0 Å². The summed E-state index contributed by atoms with van der Waals surface area (Å²) in [5, 5.41) is 0. The Morgan fingerprint density at radius 3 is 1.12 bits per heavy atom. The molecule has 100 valence electrons. The Hall–Kier alpha value is 0.800. The molecule has 0 aromatic rings. The highest BCUT2D eigenvalue weighted by Gasteiger charge is 2.40. The van der Waals surface area contributed by atoms with Crippen LogP contribution < -0.4 is 0 Å². The van der Waals surface area contributed by atoms with Crippen molar-refractivity contribution < 1.29 is 8.97 Å². The molecule has 0 saturated heterocycles. The van der Waals surface area contributed by atoms with E-state index >= 15 is 0 Å². The van der Waals surface area contributed by atoms with Gasteiger partial charge in [0.15, 0.2) is 0 Å². The fraction of sp³-hybridized carbons (Fsp3) is 0.818. The van der Waals surface area contributed by atoms with Gasteiger partial charge in [0, 0.05) is 0 Å². The maximum absolute atomic E-state index is 5.34. The number of nitrogens with zero attached hydrogens (tertiary/aromatic N) is 2. The summed E-state index contributed by atoms with van der Waals surface area (Å²) in [6.07, 6.45) is 0. The second-order valence-corrected chi connectivity index (χ2v) is 6.49. The van der Waals surface area contributed by atoms with Crippen LogP contribution in [0.5, 0.6) is 0 Å². The summed E-state index contributed by atoms with van der Waals surface area (Å²) in [6, 6.07) is 0. The van der Waals surface area contributed by atoms with Crippen molar-refractivity contribution in [3.05, 3.63) is 0 Å². The van der Waals surface area contributed by atoms with E-state index in [1.165, 1.54) is 0 Å². The standard InChI is InChI=1S/C11H22N2S4/c1-5-12(6-2,10(14)15)9-13(7-3,8-4)11(16)17/h5-9H2,1-4H3/p+2. The maximum atomic E-state index is 5.34. The number of quaternary nitrogens is 2. The first-order valence-corrected chi connectivity index (χ1v) is 7.74. The van der Waals surface area contributed by atoms with Gasteiger partial charge >= 0.3 is 0 Å². The Morgan fingerprint density at radius 2 is 1.00 bits per heavy atom. The van der Waals surface area contributed by atoms with E-state index in [9.17, 15) is 0 Å². The van der Waals surface area contributed by atoms with E-state index in [0.717, 1.165) is 41.5 Å². The van der Waals surface area contributed by atoms with Gasteiger partial charge in [-0.1, -0.05) is 25.3 Å². The Kier molecular flexibility index (Phi) is 7.75. The van der Waals surface area contributed by atoms with Crippen LogP contribution in [0.15, 0.2) is 0 Å². The lowest BCUT2D eigenvalue weighted by Crippen LogP contribution is -2.64. The van der Waals surface area contributed by atoms with Crippen LogP contribution in [0.25, 0.3) is 0 Å². The molecule has 0 spiro atoms. The monoisotopic (exact) mass is 312 g/mol. The topological polar surface area (TPSA) is 0 Å². The Labute approximate surface area is 127 Å². The molecule has 0 saturated carbocycles. The van der Waals surface area contributed by atoms with Gasteiger partial charge in [-0.15, -0.1) is 0 Å². The molecule has 6 heteroatoms. The molecule has 0 aliphatic carbocycles. The van der Waals surface area contributed by atoms with Crippen molar-refractivity contribution in [1.82, 2.24) is 0 Å². The van der Waals surface area contributed by atoms with Crippen LogP contribution in [0.2, 0.25) is 0 Å². The third-order valence-electron chi connectivity index (χ3n) is 3.77. The smallest absolute Gasteiger partial charge is 0.230 e. The van der Waals surface area contributed by atoms with Gasteiger partial charge in [-0.25, -0.2) is 8.97 Å². The van der Waals surface area contributed by atoms with Gasteiger partial charge in [-0.2, -0.15) is 0 Å². The average molecular weight is 313 g/mol. The molecule has 0 N–H and O–H groups in total. The third kappa shape index (κ3) is 3.88. The summed E-state index contributed by atoms with van der Waals surface area (Å²) in [4.78, 5) is 0. The zero-order chi connectivity index (χ0) is 13.7. The minimum Gasteiger partial charge on any atom is -0.230 e. The predicted molar refractivity (Wildman–Crippen MR) is 90.7 cm³/mol. The van der Waals surface area contributed by atoms with Crippen LogP contribution in [0.4, 0.5) is 0 Å². The molecule has 0 amide bonds. The van der Waals surface area contributed by atoms with E-state index in [1.807, 2.05) is 0 Å². The van der Waals surface area contributed by atoms with Gasteiger partial charge in [0.1, 0.15) is 0 Å². The van der Waals surface area contributed by atoms with Gasteiger partial charge in [-0.05, 0) is 52.1 Å². The highest BCUT2D eigenvalue weighted by Crippen LogP contribution is 2.21. The molecular formula is C11H24N2S4+2. The van der Waals surface area contributed by atoms with Crippen LogP contribution in [-0.4, -0.2) is 50.5 Å². The van der Waals surface area contributed by atoms with E-state index in [1.54, 1.807) is 0 Å². The van der Waals surface area contributed by atoms with E-state index in [4.69, 9.17) is 24.4 Å². The molecule has 0 heterocycles. The molecule has 0 aliphatic rings. The molecule has 0 aromatic carbocycles. The molecule has 0 fully saturated rings. The molecule has 0 aromatic heterocycles. The van der Waals surface area contributed by atoms with E-state index < -0.39 is 0 Å². The summed E-state index contributed by atoms with van der Waals surface area (Å²) in [5.41, 5.74) is 0. The summed E-state index contributed by atoms with van der Waals surface area (Å²) in [6.45, 7) is 13.2. The molecule has 0 aliphatic heterocycles. The molecule has 0 bridgehead atoms. The van der Waals surface area contributed by atoms with Crippen molar-refractivity contribution in [3.8, 4) is 0 Å². The minimum atomic E-state index is 0.709. The van der Waals surface area contributed by atoms with Crippen LogP contribution >= 0.6 is 49.7 Å². The minimum absolute atomic E-state index is 0.709. The Morgan fingerprint density at radius 1 is 0.765 bits per heavy atom. The second-order valence-electron chi connectivity index (χ2n) is 4.26. The fourth-order valence-electron chi connectivity index (χ4n) is 2.03. The lowest BCUT2D eigenvalue weighted by molar-refractivity contribution is -1.01. The van der Waals surface area contributed by atoms with Crippen molar-refractivity contribution >= 4 is 58.3 Å². The van der Waals surface area contributed by atoms with E-state index in [2.05, 4.69) is 53.0 Å². The van der Waals surface area contributed by atoms with Crippen molar-refractivity contribution in [1.29, 1.82) is 0 Å². The third-order valence-corrected chi connectivity index (χ3v) is 5.40. The van der Waals surface area contributed by atoms with Gasteiger partial charge in [-0.3, -0.25) is 0 Å². The van der Waals surface area contributed by atoms with Gasteiger partial charge in [0.05, 0.1) is 26.2 Å². The molecular weight excluding hydrogens is 288 g/mol. The van der Waals surface area contributed by atoms with E-state index in [-0.39, 0.29) is 0 Å². The van der Waals surface area contributed by atoms with Gasteiger partial charge in [0.2, 0.25) is 15.3 Å². The number of hydrogen-bond acceptors (Lipinski definition) is 2. The number of rotatable bonds is 6. The molecule has 17 heavy (non-hydrogen) atoms. The van der Waals surface area contributed by atoms with Gasteiger partial charge < -0.3 is 0 Å². The van der Waals surface area contributed by atoms with Gasteiger partial charge in [0.25, 0.3) is 0 Å². The maximum Gasteiger partial charge on any atom is 0.234 e. The summed E-state index contributed by atoms with van der Waals surface area (Å²) in [5.74, 6) is 0. The van der Waals surface area contributed by atoms with Crippen molar-refractivity contribution in [2.45, 2.75) is 27.7 Å². The molecule has 0 rings (SSSR count).